The smallest absolute Gasteiger partial charge is 0.315 e. The SMILES string of the molecule is CCNC(=O)NCc1cccc(-c2cccc([C@@H]3O[C@H](CN(C)Cc4ccccc4)C[C@H](c4ccc(CO)cc4)O3)c2)c1. The molecule has 2 amide bonds. The molecule has 0 spiro atoms. The minimum atomic E-state index is -0.533. The summed E-state index contributed by atoms with van der Waals surface area (Å²) in [6.07, 6.45) is 0.0132. The van der Waals surface area contributed by atoms with Crippen LogP contribution in [-0.2, 0) is 29.2 Å². The second kappa shape index (κ2) is 14.9. The first-order valence-electron chi connectivity index (χ1n) is 14.9. The topological polar surface area (TPSA) is 83.1 Å². The fourth-order valence-electron chi connectivity index (χ4n) is 5.47. The maximum Gasteiger partial charge on any atom is 0.315 e. The molecule has 0 unspecified atom stereocenters. The number of carbonyl (C=O) groups is 1. The van der Waals surface area contributed by atoms with Crippen molar-refractivity contribution in [3.63, 3.8) is 0 Å². The standard InChI is InChI=1S/C36H41N3O4/c1-3-37-36(41)38-22-28-11-7-12-30(19-28)31-13-8-14-32(20-31)35-42-33(24-39(2)23-26-9-5-4-6-10-26)21-34(43-35)29-17-15-27(25-40)16-18-29/h4-20,33-35,40H,3,21-25H2,1-2H3,(H2,37,38,41)/t33-,34+,35+/m0/s1. The highest BCUT2D eigenvalue weighted by molar-refractivity contribution is 5.74. The van der Waals surface area contributed by atoms with Crippen LogP contribution in [0.1, 0.15) is 53.6 Å². The van der Waals surface area contributed by atoms with Gasteiger partial charge in [0.2, 0.25) is 0 Å². The number of ether oxygens (including phenoxy) is 2. The first kappa shape index (κ1) is 30.4. The van der Waals surface area contributed by atoms with E-state index in [-0.39, 0.29) is 24.8 Å². The van der Waals surface area contributed by atoms with Crippen molar-refractivity contribution in [1.29, 1.82) is 0 Å². The summed E-state index contributed by atoms with van der Waals surface area (Å²) in [7, 11) is 2.13. The molecule has 0 radical (unpaired) electrons. The summed E-state index contributed by atoms with van der Waals surface area (Å²) in [6, 6.07) is 34.8. The van der Waals surface area contributed by atoms with Crippen LogP contribution >= 0.6 is 0 Å². The molecule has 224 valence electrons. The summed E-state index contributed by atoms with van der Waals surface area (Å²) in [5.41, 5.74) is 7.30. The maximum absolute atomic E-state index is 11.9. The third-order valence-electron chi connectivity index (χ3n) is 7.64. The molecule has 0 saturated carbocycles. The molecule has 1 saturated heterocycles. The van der Waals surface area contributed by atoms with Gasteiger partial charge in [-0.2, -0.15) is 0 Å². The molecular formula is C36H41N3O4. The molecule has 5 rings (SSSR count). The number of amides is 2. The van der Waals surface area contributed by atoms with Crippen LogP contribution in [0, 0.1) is 0 Å². The minimum Gasteiger partial charge on any atom is -0.392 e. The van der Waals surface area contributed by atoms with E-state index in [2.05, 4.69) is 77.2 Å². The Morgan fingerprint density at radius 3 is 2.28 bits per heavy atom. The summed E-state index contributed by atoms with van der Waals surface area (Å²) in [5.74, 6) is 0. The number of nitrogens with zero attached hydrogens (tertiary/aromatic N) is 1. The van der Waals surface area contributed by atoms with E-state index in [4.69, 9.17) is 9.47 Å². The number of hydrogen-bond donors (Lipinski definition) is 3. The number of carbonyl (C=O) groups excluding carboxylic acids is 1. The van der Waals surface area contributed by atoms with Crippen LogP contribution in [0.5, 0.6) is 0 Å². The number of benzene rings is 4. The molecule has 7 nitrogen and oxygen atoms in total. The first-order valence-corrected chi connectivity index (χ1v) is 14.9. The lowest BCUT2D eigenvalue weighted by atomic mass is 9.98. The molecule has 0 bridgehead atoms. The highest BCUT2D eigenvalue weighted by atomic mass is 16.7. The van der Waals surface area contributed by atoms with Crippen molar-refractivity contribution in [1.82, 2.24) is 15.5 Å². The third kappa shape index (κ3) is 8.52. The van der Waals surface area contributed by atoms with Crippen molar-refractivity contribution >= 4 is 6.03 Å². The van der Waals surface area contributed by atoms with Crippen LogP contribution < -0.4 is 10.6 Å². The second-order valence-electron chi connectivity index (χ2n) is 11.1. The van der Waals surface area contributed by atoms with Gasteiger partial charge in [0.25, 0.3) is 0 Å². The van der Waals surface area contributed by atoms with Gasteiger partial charge in [0.1, 0.15) is 0 Å². The van der Waals surface area contributed by atoms with Crippen molar-refractivity contribution in [3.05, 3.63) is 131 Å². The fraction of sp³-hybridized carbons (Fsp3) is 0.306. The van der Waals surface area contributed by atoms with Gasteiger partial charge in [0.05, 0.1) is 18.8 Å². The summed E-state index contributed by atoms with van der Waals surface area (Å²) in [6.45, 7) is 4.54. The van der Waals surface area contributed by atoms with E-state index >= 15 is 0 Å². The Hall–Kier alpha value is -4.01. The normalized spacial score (nSPS) is 18.4. The van der Waals surface area contributed by atoms with Gasteiger partial charge >= 0.3 is 6.03 Å². The molecule has 3 atom stereocenters. The van der Waals surface area contributed by atoms with Gasteiger partial charge in [-0.15, -0.1) is 0 Å². The van der Waals surface area contributed by atoms with Crippen LogP contribution in [0.3, 0.4) is 0 Å². The monoisotopic (exact) mass is 579 g/mol. The van der Waals surface area contributed by atoms with Gasteiger partial charge in [-0.3, -0.25) is 4.90 Å². The number of hydrogen-bond acceptors (Lipinski definition) is 5. The van der Waals surface area contributed by atoms with E-state index in [0.29, 0.717) is 13.1 Å². The van der Waals surface area contributed by atoms with Crippen molar-refractivity contribution in [3.8, 4) is 11.1 Å². The lowest BCUT2D eigenvalue weighted by Crippen LogP contribution is -2.37. The van der Waals surface area contributed by atoms with Crippen molar-refractivity contribution in [2.24, 2.45) is 0 Å². The highest BCUT2D eigenvalue weighted by Gasteiger charge is 2.33. The Kier molecular flexibility index (Phi) is 10.6. The highest BCUT2D eigenvalue weighted by Crippen LogP contribution is 2.39. The molecule has 1 fully saturated rings. The van der Waals surface area contributed by atoms with Crippen LogP contribution in [0.4, 0.5) is 4.79 Å². The molecule has 4 aromatic rings. The average molecular weight is 580 g/mol. The van der Waals surface area contributed by atoms with Crippen LogP contribution in [0.15, 0.2) is 103 Å². The minimum absolute atomic E-state index is 0.0143. The molecule has 0 aromatic heterocycles. The lowest BCUT2D eigenvalue weighted by Gasteiger charge is -2.38. The zero-order valence-corrected chi connectivity index (χ0v) is 24.9. The van der Waals surface area contributed by atoms with Crippen LogP contribution in [0.25, 0.3) is 11.1 Å². The summed E-state index contributed by atoms with van der Waals surface area (Å²) in [5, 5.41) is 15.2. The number of rotatable bonds is 11. The molecule has 1 aliphatic rings. The molecule has 43 heavy (non-hydrogen) atoms. The predicted octanol–water partition coefficient (Wildman–Crippen LogP) is 6.34. The molecule has 3 N–H and O–H groups in total. The number of likely N-dealkylation sites (N-methyl/N-ethyl adjacent to an activating group) is 1. The van der Waals surface area contributed by atoms with Gasteiger partial charge < -0.3 is 25.2 Å². The number of urea groups is 1. The molecule has 4 aromatic carbocycles. The van der Waals surface area contributed by atoms with Gasteiger partial charge in [-0.1, -0.05) is 91.0 Å². The van der Waals surface area contributed by atoms with E-state index in [1.807, 2.05) is 55.5 Å². The Bertz CT molecular complexity index is 1460. The molecule has 1 heterocycles. The van der Waals surface area contributed by atoms with E-state index in [1.54, 1.807) is 0 Å². The van der Waals surface area contributed by atoms with Crippen molar-refractivity contribution < 1.29 is 19.4 Å². The summed E-state index contributed by atoms with van der Waals surface area (Å²) in [4.78, 5) is 14.2. The molecule has 1 aliphatic heterocycles. The quantitative estimate of drug-likeness (QED) is 0.193. The molecule has 0 aliphatic carbocycles. The zero-order chi connectivity index (χ0) is 30.0. The zero-order valence-electron chi connectivity index (χ0n) is 24.9. The van der Waals surface area contributed by atoms with Crippen molar-refractivity contribution in [2.45, 2.75) is 51.5 Å². The second-order valence-corrected chi connectivity index (χ2v) is 11.1. The van der Waals surface area contributed by atoms with Gasteiger partial charge in [-0.05, 0) is 59.5 Å². The molecule has 7 heteroatoms. The average Bonchev–Trinajstić information content (AvgIpc) is 3.04. The predicted molar refractivity (Wildman–Crippen MR) is 169 cm³/mol. The van der Waals surface area contributed by atoms with Gasteiger partial charge in [-0.25, -0.2) is 4.79 Å². The lowest BCUT2D eigenvalue weighted by molar-refractivity contribution is -0.252. The van der Waals surface area contributed by atoms with E-state index in [9.17, 15) is 9.90 Å². The Morgan fingerprint density at radius 2 is 1.53 bits per heavy atom. The Balaban J connectivity index is 1.35. The Labute approximate surface area is 254 Å². The number of aliphatic hydroxyl groups is 1. The fourth-order valence-corrected chi connectivity index (χ4v) is 5.47. The molecular weight excluding hydrogens is 538 g/mol. The van der Waals surface area contributed by atoms with Gasteiger partial charge in [0, 0.05) is 38.2 Å². The van der Waals surface area contributed by atoms with E-state index in [1.165, 1.54) is 5.56 Å². The number of nitrogens with one attached hydrogen (secondary N) is 2. The summed E-state index contributed by atoms with van der Waals surface area (Å²) >= 11 is 0. The maximum atomic E-state index is 11.9. The van der Waals surface area contributed by atoms with Crippen LogP contribution in [0.2, 0.25) is 0 Å². The number of aliphatic hydroxyl groups excluding tert-OH is 1. The summed E-state index contributed by atoms with van der Waals surface area (Å²) < 4.78 is 13.2. The van der Waals surface area contributed by atoms with Crippen LogP contribution in [-0.4, -0.2) is 42.3 Å². The Morgan fingerprint density at radius 1 is 0.814 bits per heavy atom. The third-order valence-corrected chi connectivity index (χ3v) is 7.64. The van der Waals surface area contributed by atoms with E-state index < -0.39 is 6.29 Å². The van der Waals surface area contributed by atoms with Gasteiger partial charge in [0.15, 0.2) is 6.29 Å². The largest absolute Gasteiger partial charge is 0.392 e. The van der Waals surface area contributed by atoms with Crippen molar-refractivity contribution in [2.75, 3.05) is 20.1 Å². The first-order chi connectivity index (χ1) is 21.0. The van der Waals surface area contributed by atoms with E-state index in [0.717, 1.165) is 52.9 Å².